The van der Waals surface area contributed by atoms with Crippen LogP contribution in [0.2, 0.25) is 0 Å². The second-order valence-corrected chi connectivity index (χ2v) is 8.58. The fourth-order valence-electron chi connectivity index (χ4n) is 2.84. The molecule has 3 nitrogen and oxygen atoms in total. The van der Waals surface area contributed by atoms with Crippen LogP contribution < -0.4 is 0 Å². The Morgan fingerprint density at radius 1 is 1.31 bits per heavy atom. The number of carboxylic acid groups (broad SMARTS) is 1. The third kappa shape index (κ3) is 6.20. The van der Waals surface area contributed by atoms with Crippen LogP contribution >= 0.6 is 11.8 Å². The average molecular weight is 378 g/mol. The van der Waals surface area contributed by atoms with Gasteiger partial charge in [0.1, 0.15) is 5.82 Å². The number of carbonyl (C=O) groups is 1. The lowest BCUT2D eigenvalue weighted by molar-refractivity contribution is -0.132. The van der Waals surface area contributed by atoms with E-state index in [0.29, 0.717) is 11.5 Å². The van der Waals surface area contributed by atoms with Gasteiger partial charge >= 0.3 is 5.97 Å². The summed E-state index contributed by atoms with van der Waals surface area (Å²) in [6.45, 7) is 8.07. The lowest BCUT2D eigenvalue weighted by atomic mass is 10.1. The van der Waals surface area contributed by atoms with Crippen LogP contribution in [-0.4, -0.2) is 34.3 Å². The van der Waals surface area contributed by atoms with Crippen LogP contribution in [0.3, 0.4) is 0 Å². The minimum atomic E-state index is -0.879. The van der Waals surface area contributed by atoms with Crippen molar-refractivity contribution in [1.82, 2.24) is 4.90 Å². The van der Waals surface area contributed by atoms with E-state index >= 15 is 0 Å². The SMILES string of the molecule is CC(C)CCN1CC=CC(C(=O)O)=C1SC(C)CCc1cccc(F)c1. The molecule has 1 heterocycles. The lowest BCUT2D eigenvalue weighted by Gasteiger charge is -2.31. The van der Waals surface area contributed by atoms with Gasteiger partial charge in [-0.2, -0.15) is 0 Å². The van der Waals surface area contributed by atoms with Crippen LogP contribution in [0.15, 0.2) is 47.0 Å². The summed E-state index contributed by atoms with van der Waals surface area (Å²) in [6.07, 6.45) is 6.32. The van der Waals surface area contributed by atoms with Crippen LogP contribution in [0.4, 0.5) is 4.39 Å². The number of hydrogen-bond donors (Lipinski definition) is 1. The monoisotopic (exact) mass is 377 g/mol. The number of carboxylic acids is 1. The first-order valence-electron chi connectivity index (χ1n) is 9.17. The maximum Gasteiger partial charge on any atom is 0.338 e. The molecule has 1 aliphatic heterocycles. The van der Waals surface area contributed by atoms with E-state index in [0.717, 1.165) is 42.9 Å². The number of thioether (sulfide) groups is 1. The maximum atomic E-state index is 13.3. The Kier molecular flexibility index (Phi) is 7.76. The van der Waals surface area contributed by atoms with Gasteiger partial charge in [0, 0.05) is 18.3 Å². The Hall–Kier alpha value is -1.75. The van der Waals surface area contributed by atoms with E-state index in [1.54, 1.807) is 30.0 Å². The molecule has 26 heavy (non-hydrogen) atoms. The quantitative estimate of drug-likeness (QED) is 0.650. The van der Waals surface area contributed by atoms with Crippen molar-refractivity contribution in [3.63, 3.8) is 0 Å². The van der Waals surface area contributed by atoms with Gasteiger partial charge in [0.05, 0.1) is 10.6 Å². The number of hydrogen-bond acceptors (Lipinski definition) is 3. The van der Waals surface area contributed by atoms with Crippen LogP contribution in [0, 0.1) is 11.7 Å². The first-order chi connectivity index (χ1) is 12.4. The predicted molar refractivity (Wildman–Crippen MR) is 107 cm³/mol. The molecule has 0 radical (unpaired) electrons. The summed E-state index contributed by atoms with van der Waals surface area (Å²) in [5, 5.41) is 10.7. The zero-order valence-electron chi connectivity index (χ0n) is 15.7. The molecule has 142 valence electrons. The van der Waals surface area contributed by atoms with Gasteiger partial charge in [-0.3, -0.25) is 0 Å². The summed E-state index contributed by atoms with van der Waals surface area (Å²) in [5.74, 6) is -0.517. The fourth-order valence-corrected chi connectivity index (χ4v) is 4.06. The predicted octanol–water partition coefficient (Wildman–Crippen LogP) is 5.09. The first kappa shape index (κ1) is 20.6. The molecule has 0 saturated heterocycles. The third-order valence-corrected chi connectivity index (χ3v) is 5.72. The molecule has 0 aromatic heterocycles. The minimum absolute atomic E-state index is 0.212. The highest BCUT2D eigenvalue weighted by Crippen LogP contribution is 2.33. The zero-order chi connectivity index (χ0) is 19.1. The van der Waals surface area contributed by atoms with Gasteiger partial charge in [0.2, 0.25) is 0 Å². The average Bonchev–Trinajstić information content (AvgIpc) is 2.58. The molecule has 1 aliphatic rings. The van der Waals surface area contributed by atoms with E-state index < -0.39 is 5.97 Å². The van der Waals surface area contributed by atoms with Gasteiger partial charge < -0.3 is 10.0 Å². The Morgan fingerprint density at radius 3 is 2.73 bits per heavy atom. The van der Waals surface area contributed by atoms with Crippen molar-refractivity contribution in [2.75, 3.05) is 13.1 Å². The fraction of sp³-hybridized carbons (Fsp3) is 0.476. The van der Waals surface area contributed by atoms with Gasteiger partial charge in [-0.25, -0.2) is 9.18 Å². The summed E-state index contributed by atoms with van der Waals surface area (Å²) in [5.41, 5.74) is 1.35. The molecule has 1 N–H and O–H groups in total. The molecule has 2 rings (SSSR count). The van der Waals surface area contributed by atoms with Crippen LogP contribution in [0.1, 0.15) is 39.2 Å². The van der Waals surface area contributed by atoms with E-state index in [4.69, 9.17) is 0 Å². The summed E-state index contributed by atoms with van der Waals surface area (Å²) >= 11 is 1.62. The van der Waals surface area contributed by atoms with Crippen molar-refractivity contribution < 1.29 is 14.3 Å². The maximum absolute atomic E-state index is 13.3. The molecular formula is C21H28FNO2S. The van der Waals surface area contributed by atoms with Gasteiger partial charge in [0.15, 0.2) is 0 Å². The highest BCUT2D eigenvalue weighted by Gasteiger charge is 2.23. The van der Waals surface area contributed by atoms with Crippen molar-refractivity contribution >= 4 is 17.7 Å². The van der Waals surface area contributed by atoms with Gasteiger partial charge in [-0.1, -0.05) is 39.0 Å². The van der Waals surface area contributed by atoms with E-state index in [-0.39, 0.29) is 11.1 Å². The Morgan fingerprint density at radius 2 is 2.08 bits per heavy atom. The lowest BCUT2D eigenvalue weighted by Crippen LogP contribution is -2.29. The second kappa shape index (κ2) is 9.81. The van der Waals surface area contributed by atoms with Crippen LogP contribution in [0.5, 0.6) is 0 Å². The van der Waals surface area contributed by atoms with Gasteiger partial charge in [-0.05, 0) is 49.0 Å². The summed E-state index contributed by atoms with van der Waals surface area (Å²) in [4.78, 5) is 13.8. The van der Waals surface area contributed by atoms with Crippen molar-refractivity contribution in [2.24, 2.45) is 5.92 Å². The van der Waals surface area contributed by atoms with E-state index in [1.165, 1.54) is 6.07 Å². The summed E-state index contributed by atoms with van der Waals surface area (Å²) in [6, 6.07) is 6.68. The molecule has 1 atom stereocenters. The van der Waals surface area contributed by atoms with E-state index in [2.05, 4.69) is 25.7 Å². The Labute approximate surface area is 160 Å². The van der Waals surface area contributed by atoms with E-state index in [9.17, 15) is 14.3 Å². The highest BCUT2D eigenvalue weighted by atomic mass is 32.2. The Bertz CT molecular complexity index is 684. The second-order valence-electron chi connectivity index (χ2n) is 7.15. The number of halogens is 1. The number of aliphatic carboxylic acids is 1. The number of aryl methyl sites for hydroxylation is 1. The molecule has 0 bridgehead atoms. The zero-order valence-corrected chi connectivity index (χ0v) is 16.6. The van der Waals surface area contributed by atoms with Crippen LogP contribution in [0.25, 0.3) is 0 Å². The van der Waals surface area contributed by atoms with Crippen molar-refractivity contribution in [1.29, 1.82) is 0 Å². The largest absolute Gasteiger partial charge is 0.478 e. The Balaban J connectivity index is 2.05. The molecular weight excluding hydrogens is 349 g/mol. The topological polar surface area (TPSA) is 40.5 Å². The molecule has 0 spiro atoms. The number of rotatable bonds is 9. The minimum Gasteiger partial charge on any atom is -0.478 e. The van der Waals surface area contributed by atoms with Crippen molar-refractivity contribution in [3.8, 4) is 0 Å². The number of nitrogens with zero attached hydrogens (tertiary/aromatic N) is 1. The number of benzene rings is 1. The van der Waals surface area contributed by atoms with Gasteiger partial charge in [0.25, 0.3) is 0 Å². The highest BCUT2D eigenvalue weighted by molar-refractivity contribution is 8.03. The molecule has 0 saturated carbocycles. The van der Waals surface area contributed by atoms with Crippen LogP contribution in [-0.2, 0) is 11.2 Å². The van der Waals surface area contributed by atoms with Gasteiger partial charge in [-0.15, -0.1) is 11.8 Å². The third-order valence-electron chi connectivity index (χ3n) is 4.38. The molecule has 1 aromatic rings. The smallest absolute Gasteiger partial charge is 0.338 e. The molecule has 0 amide bonds. The normalized spacial score (nSPS) is 15.7. The molecule has 1 aromatic carbocycles. The van der Waals surface area contributed by atoms with Crippen molar-refractivity contribution in [2.45, 2.75) is 45.3 Å². The van der Waals surface area contributed by atoms with E-state index in [1.807, 2.05) is 12.1 Å². The molecule has 0 aliphatic carbocycles. The molecule has 1 unspecified atom stereocenters. The van der Waals surface area contributed by atoms with Crippen molar-refractivity contribution in [3.05, 3.63) is 58.4 Å². The first-order valence-corrected chi connectivity index (χ1v) is 10.0. The summed E-state index contributed by atoms with van der Waals surface area (Å²) in [7, 11) is 0. The standard InChI is InChI=1S/C21H28FNO2S/c1-15(2)11-13-23-12-5-8-19(21(24)25)20(23)26-16(3)9-10-17-6-4-7-18(22)14-17/h4-8,14-16H,9-13H2,1-3H3,(H,24,25). The molecule has 0 fully saturated rings. The summed E-state index contributed by atoms with van der Waals surface area (Å²) < 4.78 is 13.3. The molecule has 5 heteroatoms.